The van der Waals surface area contributed by atoms with E-state index in [0.717, 1.165) is 0 Å². The minimum Gasteiger partial charge on any atom is -0.382 e. The predicted molar refractivity (Wildman–Crippen MR) is 90.5 cm³/mol. The van der Waals surface area contributed by atoms with Crippen LogP contribution in [0.3, 0.4) is 0 Å². The van der Waals surface area contributed by atoms with Crippen LogP contribution in [0, 0.1) is 10.1 Å². The highest BCUT2D eigenvalue weighted by molar-refractivity contribution is 7.90. The summed E-state index contributed by atoms with van der Waals surface area (Å²) in [4.78, 5) is 9.73. The molecule has 0 spiro atoms. The lowest BCUT2D eigenvalue weighted by molar-refractivity contribution is -0.389. The molecular formula is C12H16N6O6S2. The Kier molecular flexibility index (Phi) is 4.47. The van der Waals surface area contributed by atoms with Crippen molar-refractivity contribution in [2.24, 2.45) is 0 Å². The van der Waals surface area contributed by atoms with E-state index < -0.39 is 24.6 Å². The number of sulfone groups is 2. The Morgan fingerprint density at radius 3 is 2.00 bits per heavy atom. The lowest BCUT2D eigenvalue weighted by atomic mass is 10.4. The largest absolute Gasteiger partial charge is 0.390 e. The van der Waals surface area contributed by atoms with Crippen LogP contribution in [0.15, 0.2) is 12.1 Å². The average Bonchev–Trinajstić information content (AvgIpc) is 3.07. The quantitative estimate of drug-likeness (QED) is 0.467. The molecule has 0 aliphatic carbocycles. The van der Waals surface area contributed by atoms with E-state index in [1.807, 2.05) is 0 Å². The molecule has 0 saturated carbocycles. The van der Waals surface area contributed by atoms with Crippen molar-refractivity contribution in [3.8, 4) is 0 Å². The van der Waals surface area contributed by atoms with Gasteiger partial charge in [-0.25, -0.2) is 16.8 Å². The SMILES string of the molecule is Nc1cc2n(n1)CCS(=O)(=O)C2.O=[N+]([O-])c1cc2n(n1)CCS(=O)(=O)C2. The Bertz CT molecular complexity index is 1070. The third-order valence-corrected chi connectivity index (χ3v) is 6.96. The maximum absolute atomic E-state index is 11.2. The van der Waals surface area contributed by atoms with Crippen molar-refractivity contribution in [3.63, 3.8) is 0 Å². The van der Waals surface area contributed by atoms with E-state index >= 15 is 0 Å². The molecule has 0 radical (unpaired) electrons. The molecule has 2 aromatic heterocycles. The van der Waals surface area contributed by atoms with Crippen molar-refractivity contribution in [3.05, 3.63) is 33.6 Å². The lowest BCUT2D eigenvalue weighted by Crippen LogP contribution is -2.24. The molecule has 4 heterocycles. The number of nitrogens with two attached hydrogens (primary N) is 1. The molecule has 26 heavy (non-hydrogen) atoms. The summed E-state index contributed by atoms with van der Waals surface area (Å²) >= 11 is 0. The molecule has 12 nitrogen and oxygen atoms in total. The zero-order valence-electron chi connectivity index (χ0n) is 13.5. The number of nitro groups is 1. The van der Waals surface area contributed by atoms with E-state index in [1.165, 1.54) is 10.7 Å². The van der Waals surface area contributed by atoms with Gasteiger partial charge in [0.1, 0.15) is 5.82 Å². The van der Waals surface area contributed by atoms with Gasteiger partial charge in [0.05, 0.1) is 58.7 Å². The zero-order chi connectivity index (χ0) is 19.1. The molecule has 14 heteroatoms. The smallest absolute Gasteiger partial charge is 0.382 e. The van der Waals surface area contributed by atoms with Crippen LogP contribution in [-0.4, -0.2) is 52.8 Å². The molecule has 0 saturated heterocycles. The first kappa shape index (κ1) is 18.3. The van der Waals surface area contributed by atoms with Gasteiger partial charge < -0.3 is 15.8 Å². The maximum atomic E-state index is 11.2. The molecule has 4 rings (SSSR count). The summed E-state index contributed by atoms with van der Waals surface area (Å²) in [6.07, 6.45) is 0. The summed E-state index contributed by atoms with van der Waals surface area (Å²) in [7, 11) is -5.99. The van der Waals surface area contributed by atoms with Crippen LogP contribution in [0.1, 0.15) is 11.4 Å². The topological polar surface area (TPSA) is 173 Å². The van der Waals surface area contributed by atoms with Gasteiger partial charge in [0, 0.05) is 6.07 Å². The highest BCUT2D eigenvalue weighted by Gasteiger charge is 2.27. The maximum Gasteiger partial charge on any atom is 0.390 e. The van der Waals surface area contributed by atoms with Crippen molar-refractivity contribution < 1.29 is 21.8 Å². The number of aryl methyl sites for hydroxylation is 2. The van der Waals surface area contributed by atoms with Gasteiger partial charge in [0.15, 0.2) is 19.7 Å². The number of fused-ring (bicyclic) bond motifs is 2. The summed E-state index contributed by atoms with van der Waals surface area (Å²) in [6.45, 7) is 0.625. The van der Waals surface area contributed by atoms with Crippen molar-refractivity contribution in [1.29, 1.82) is 0 Å². The Morgan fingerprint density at radius 1 is 0.962 bits per heavy atom. The van der Waals surface area contributed by atoms with Crippen LogP contribution < -0.4 is 5.73 Å². The first-order valence-electron chi connectivity index (χ1n) is 7.49. The van der Waals surface area contributed by atoms with E-state index in [-0.39, 0.29) is 35.4 Å². The third kappa shape index (κ3) is 4.01. The molecular weight excluding hydrogens is 388 g/mol. The molecule has 2 N–H and O–H groups in total. The van der Waals surface area contributed by atoms with Crippen LogP contribution in [0.2, 0.25) is 0 Å². The fourth-order valence-electron chi connectivity index (χ4n) is 2.67. The second-order valence-electron chi connectivity index (χ2n) is 5.94. The number of rotatable bonds is 1. The molecule has 142 valence electrons. The van der Waals surface area contributed by atoms with E-state index in [9.17, 15) is 26.9 Å². The van der Waals surface area contributed by atoms with Crippen molar-refractivity contribution in [1.82, 2.24) is 19.6 Å². The molecule has 0 unspecified atom stereocenters. The molecule has 0 amide bonds. The van der Waals surface area contributed by atoms with Gasteiger partial charge in [-0.2, -0.15) is 9.78 Å². The molecule has 0 fully saturated rings. The predicted octanol–water partition coefficient (Wildman–Crippen LogP) is -0.887. The van der Waals surface area contributed by atoms with Gasteiger partial charge in [-0.15, -0.1) is 0 Å². The normalized spacial score (nSPS) is 19.5. The number of anilines is 1. The molecule has 2 aliphatic rings. The first-order valence-corrected chi connectivity index (χ1v) is 11.1. The van der Waals surface area contributed by atoms with E-state index in [0.29, 0.717) is 23.8 Å². The van der Waals surface area contributed by atoms with Crippen LogP contribution >= 0.6 is 0 Å². The summed E-state index contributed by atoms with van der Waals surface area (Å²) in [6, 6.07) is 2.81. The summed E-state index contributed by atoms with van der Waals surface area (Å²) in [5.74, 6) is 0.171. The zero-order valence-corrected chi connectivity index (χ0v) is 15.1. The van der Waals surface area contributed by atoms with Gasteiger partial charge in [-0.3, -0.25) is 4.68 Å². The van der Waals surface area contributed by atoms with Crippen LogP contribution in [0.25, 0.3) is 0 Å². The summed E-state index contributed by atoms with van der Waals surface area (Å²) in [5.41, 5.74) is 6.51. The minimum atomic E-state index is -3.09. The Hall–Kier alpha value is -2.48. The van der Waals surface area contributed by atoms with Crippen molar-refractivity contribution >= 4 is 31.3 Å². The van der Waals surface area contributed by atoms with E-state index in [1.54, 1.807) is 10.7 Å². The van der Waals surface area contributed by atoms with Gasteiger partial charge >= 0.3 is 5.82 Å². The van der Waals surface area contributed by atoms with Crippen molar-refractivity contribution in [2.75, 3.05) is 17.2 Å². The highest BCUT2D eigenvalue weighted by Crippen LogP contribution is 2.19. The fraction of sp³-hybridized carbons (Fsp3) is 0.500. The number of hydrogen-bond donors (Lipinski definition) is 1. The van der Waals surface area contributed by atoms with Crippen LogP contribution in [0.4, 0.5) is 11.6 Å². The molecule has 0 atom stereocenters. The van der Waals surface area contributed by atoms with Gasteiger partial charge in [0.25, 0.3) is 0 Å². The Balaban J connectivity index is 0.000000152. The number of hydrogen-bond acceptors (Lipinski definition) is 9. The molecule has 0 aromatic carbocycles. The first-order chi connectivity index (χ1) is 12.0. The minimum absolute atomic E-state index is 0.00116. The van der Waals surface area contributed by atoms with Gasteiger partial charge in [0.2, 0.25) is 0 Å². The standard InChI is InChI=1S/C6H7N3O4S.C6H9N3O2S/c10-9(11)6-3-5-4-14(12,13)2-1-8(5)7-6;7-6-3-5-4-12(10,11)2-1-9(5)8-6/h3H,1-2,4H2;3H,1-2,4H2,(H2,7,8). The average molecular weight is 404 g/mol. The van der Waals surface area contributed by atoms with Crippen molar-refractivity contribution in [2.45, 2.75) is 24.6 Å². The second kappa shape index (κ2) is 6.35. The molecule has 2 aliphatic heterocycles. The Labute approximate surface area is 148 Å². The van der Waals surface area contributed by atoms with Crippen LogP contribution in [0.5, 0.6) is 0 Å². The highest BCUT2D eigenvalue weighted by atomic mass is 32.2. The van der Waals surface area contributed by atoms with Crippen LogP contribution in [-0.2, 0) is 44.3 Å². The van der Waals surface area contributed by atoms with E-state index in [4.69, 9.17) is 5.73 Å². The Morgan fingerprint density at radius 2 is 1.46 bits per heavy atom. The lowest BCUT2D eigenvalue weighted by Gasteiger charge is -2.12. The number of aromatic nitrogens is 4. The van der Waals surface area contributed by atoms with E-state index in [2.05, 4.69) is 10.2 Å². The molecule has 2 aromatic rings. The van der Waals surface area contributed by atoms with Gasteiger partial charge in [-0.05, 0) is 4.92 Å². The summed E-state index contributed by atoms with van der Waals surface area (Å²) < 4.78 is 47.7. The number of nitrogen functional groups attached to an aromatic ring is 1. The fourth-order valence-corrected chi connectivity index (χ4v) is 5.23. The second-order valence-corrected chi connectivity index (χ2v) is 10.3. The monoisotopic (exact) mass is 404 g/mol. The molecule has 0 bridgehead atoms. The third-order valence-electron chi connectivity index (χ3n) is 3.88. The number of nitrogens with zero attached hydrogens (tertiary/aromatic N) is 5. The summed E-state index contributed by atoms with van der Waals surface area (Å²) in [5, 5.41) is 18.0. The van der Waals surface area contributed by atoms with Gasteiger partial charge in [-0.1, -0.05) is 0 Å².